The zero-order chi connectivity index (χ0) is 19.3. The van der Waals surface area contributed by atoms with Gasteiger partial charge in [-0.25, -0.2) is 0 Å². The monoisotopic (exact) mass is 427 g/mol. The molecule has 148 valence electrons. The van der Waals surface area contributed by atoms with Gasteiger partial charge in [-0.2, -0.15) is 0 Å². The van der Waals surface area contributed by atoms with E-state index in [0.29, 0.717) is 22.3 Å². The first-order chi connectivity index (χ1) is 13.7. The van der Waals surface area contributed by atoms with E-state index in [4.69, 9.17) is 0 Å². The molecule has 2 aromatic heterocycles. The number of phenols is 1. The molecule has 0 spiro atoms. The van der Waals surface area contributed by atoms with E-state index in [9.17, 15) is 9.90 Å². The molecule has 0 atom stereocenters. The highest BCUT2D eigenvalue weighted by molar-refractivity contribution is 7.19. The molecule has 1 amide bonds. The second kappa shape index (κ2) is 9.31. The van der Waals surface area contributed by atoms with E-state index in [1.165, 1.54) is 16.9 Å². The van der Waals surface area contributed by atoms with Crippen molar-refractivity contribution >= 4 is 50.8 Å². The van der Waals surface area contributed by atoms with Crippen molar-refractivity contribution in [3.63, 3.8) is 0 Å². The van der Waals surface area contributed by atoms with Gasteiger partial charge in [-0.3, -0.25) is 15.1 Å². The van der Waals surface area contributed by atoms with Crippen molar-refractivity contribution < 1.29 is 9.90 Å². The summed E-state index contributed by atoms with van der Waals surface area (Å²) in [5.74, 6) is -0.613. The van der Waals surface area contributed by atoms with E-state index in [0.717, 1.165) is 11.8 Å². The standard InChI is InChI=1S/C20H17N5O2S.ClH/c26-17-15(9-8-14-7-4-11-21-16(14)17)18(27)23-20-25-24-19(28-20)22-12-10-13-5-2-1-3-6-13;/h1-9,11,26H,10,12H2,(H,22,24)(H,23,25,27);1H. The third kappa shape index (κ3) is 4.79. The fourth-order valence-electron chi connectivity index (χ4n) is 2.78. The topological polar surface area (TPSA) is 100 Å². The molecule has 2 heterocycles. The van der Waals surface area contributed by atoms with Crippen molar-refractivity contribution in [2.75, 3.05) is 17.2 Å². The Morgan fingerprint density at radius 3 is 2.62 bits per heavy atom. The minimum Gasteiger partial charge on any atom is -0.505 e. The highest BCUT2D eigenvalue weighted by atomic mass is 35.5. The van der Waals surface area contributed by atoms with Crippen molar-refractivity contribution in [2.24, 2.45) is 0 Å². The van der Waals surface area contributed by atoms with E-state index < -0.39 is 5.91 Å². The summed E-state index contributed by atoms with van der Waals surface area (Å²) in [5.41, 5.74) is 1.75. The van der Waals surface area contributed by atoms with Crippen molar-refractivity contribution in [1.82, 2.24) is 15.2 Å². The molecule has 0 saturated carbocycles. The van der Waals surface area contributed by atoms with Crippen LogP contribution in [0.5, 0.6) is 5.75 Å². The number of nitrogens with one attached hydrogen (secondary N) is 2. The van der Waals surface area contributed by atoms with Crippen molar-refractivity contribution in [3.05, 3.63) is 71.9 Å². The summed E-state index contributed by atoms with van der Waals surface area (Å²) in [7, 11) is 0. The summed E-state index contributed by atoms with van der Waals surface area (Å²) >= 11 is 1.24. The van der Waals surface area contributed by atoms with Crippen molar-refractivity contribution in [2.45, 2.75) is 6.42 Å². The summed E-state index contributed by atoms with van der Waals surface area (Å²) in [4.78, 5) is 16.6. The first kappa shape index (κ1) is 20.5. The van der Waals surface area contributed by atoms with Gasteiger partial charge in [0.05, 0.1) is 5.56 Å². The maximum Gasteiger partial charge on any atom is 0.261 e. The van der Waals surface area contributed by atoms with Crippen LogP contribution >= 0.6 is 23.7 Å². The number of pyridine rings is 1. The molecule has 0 bridgehead atoms. The number of hydrogen-bond donors (Lipinski definition) is 3. The summed E-state index contributed by atoms with van der Waals surface area (Å²) < 4.78 is 0. The molecule has 0 aliphatic carbocycles. The fourth-order valence-corrected chi connectivity index (χ4v) is 3.45. The quantitative estimate of drug-likeness (QED) is 0.428. The van der Waals surface area contributed by atoms with Crippen LogP contribution in [0.25, 0.3) is 10.9 Å². The number of phenolic OH excluding ortho intramolecular Hbond substituents is 1. The average Bonchev–Trinajstić information content (AvgIpc) is 3.16. The maximum atomic E-state index is 12.5. The molecule has 9 heteroatoms. The molecular weight excluding hydrogens is 410 g/mol. The van der Waals surface area contributed by atoms with Gasteiger partial charge in [0.2, 0.25) is 10.3 Å². The van der Waals surface area contributed by atoms with Crippen LogP contribution in [0.15, 0.2) is 60.8 Å². The van der Waals surface area contributed by atoms with Crippen LogP contribution in [0, 0.1) is 0 Å². The zero-order valence-corrected chi connectivity index (χ0v) is 16.8. The number of hydrogen-bond acceptors (Lipinski definition) is 7. The molecule has 0 saturated heterocycles. The number of fused-ring (bicyclic) bond motifs is 1. The average molecular weight is 428 g/mol. The van der Waals surface area contributed by atoms with Gasteiger partial charge in [0.25, 0.3) is 5.91 Å². The molecule has 29 heavy (non-hydrogen) atoms. The van der Waals surface area contributed by atoms with Gasteiger partial charge in [-0.05, 0) is 24.1 Å². The zero-order valence-electron chi connectivity index (χ0n) is 15.2. The lowest BCUT2D eigenvalue weighted by atomic mass is 10.1. The Kier molecular flexibility index (Phi) is 6.58. The molecule has 4 aromatic rings. The van der Waals surface area contributed by atoms with E-state index in [1.54, 1.807) is 24.4 Å². The summed E-state index contributed by atoms with van der Waals surface area (Å²) in [5, 5.41) is 26.0. The number of carbonyl (C=O) groups excluding carboxylic acids is 1. The lowest BCUT2D eigenvalue weighted by molar-refractivity contribution is 0.102. The predicted molar refractivity (Wildman–Crippen MR) is 117 cm³/mol. The Hall–Kier alpha value is -3.23. The number of carbonyl (C=O) groups is 1. The second-order valence-corrected chi connectivity index (χ2v) is 7.04. The van der Waals surface area contributed by atoms with Gasteiger partial charge in [-0.15, -0.1) is 22.6 Å². The van der Waals surface area contributed by atoms with Gasteiger partial charge in [0.15, 0.2) is 5.75 Å². The van der Waals surface area contributed by atoms with Gasteiger partial charge in [0, 0.05) is 18.1 Å². The van der Waals surface area contributed by atoms with Gasteiger partial charge < -0.3 is 10.4 Å². The summed E-state index contributed by atoms with van der Waals surface area (Å²) in [6.45, 7) is 0.712. The van der Waals surface area contributed by atoms with Crippen LogP contribution in [0.4, 0.5) is 10.3 Å². The maximum absolute atomic E-state index is 12.5. The van der Waals surface area contributed by atoms with Crippen LogP contribution in [-0.2, 0) is 6.42 Å². The van der Waals surface area contributed by atoms with Crippen LogP contribution < -0.4 is 10.6 Å². The first-order valence-electron chi connectivity index (χ1n) is 8.70. The number of anilines is 2. The number of benzene rings is 2. The van der Waals surface area contributed by atoms with Crippen molar-refractivity contribution in [3.8, 4) is 5.75 Å². The number of amides is 1. The minimum atomic E-state index is -0.461. The highest BCUT2D eigenvalue weighted by Crippen LogP contribution is 2.28. The fraction of sp³-hybridized carbons (Fsp3) is 0.100. The third-order valence-corrected chi connectivity index (χ3v) is 4.97. The Morgan fingerprint density at radius 2 is 1.79 bits per heavy atom. The molecule has 0 aliphatic rings. The molecule has 4 rings (SSSR count). The van der Waals surface area contributed by atoms with Crippen molar-refractivity contribution in [1.29, 1.82) is 0 Å². The molecule has 3 N–H and O–H groups in total. The predicted octanol–water partition coefficient (Wildman–Crippen LogP) is 4.12. The van der Waals surface area contributed by atoms with Gasteiger partial charge >= 0.3 is 0 Å². The van der Waals surface area contributed by atoms with Crippen LogP contribution in [0.3, 0.4) is 0 Å². The number of halogens is 1. The van der Waals surface area contributed by atoms with Crippen LogP contribution in [-0.4, -0.2) is 32.7 Å². The van der Waals surface area contributed by atoms with Gasteiger partial charge in [-0.1, -0.05) is 53.8 Å². The lowest BCUT2D eigenvalue weighted by Crippen LogP contribution is -2.12. The Bertz CT molecular complexity index is 1120. The second-order valence-electron chi connectivity index (χ2n) is 6.07. The highest BCUT2D eigenvalue weighted by Gasteiger charge is 2.16. The number of rotatable bonds is 6. The molecule has 0 unspecified atom stereocenters. The molecule has 0 radical (unpaired) electrons. The van der Waals surface area contributed by atoms with E-state index in [-0.39, 0.29) is 23.7 Å². The van der Waals surface area contributed by atoms with Crippen LogP contribution in [0.1, 0.15) is 15.9 Å². The third-order valence-electron chi connectivity index (χ3n) is 4.17. The first-order valence-corrected chi connectivity index (χ1v) is 9.52. The summed E-state index contributed by atoms with van der Waals surface area (Å²) in [6, 6.07) is 17.0. The Morgan fingerprint density at radius 1 is 1.00 bits per heavy atom. The minimum absolute atomic E-state index is 0. The molecule has 0 fully saturated rings. The summed E-state index contributed by atoms with van der Waals surface area (Å²) in [6.07, 6.45) is 2.43. The molecular formula is C20H18ClN5O2S. The molecule has 2 aromatic carbocycles. The van der Waals surface area contributed by atoms with Crippen LogP contribution in [0.2, 0.25) is 0 Å². The van der Waals surface area contributed by atoms with E-state index in [1.807, 2.05) is 24.3 Å². The SMILES string of the molecule is Cl.O=C(Nc1nnc(NCCc2ccccc2)s1)c1ccc2cccnc2c1O. The Balaban J connectivity index is 0.00000240. The molecule has 7 nitrogen and oxygen atoms in total. The van der Waals surface area contributed by atoms with E-state index in [2.05, 4.69) is 37.9 Å². The number of aromatic hydroxyl groups is 1. The van der Waals surface area contributed by atoms with E-state index >= 15 is 0 Å². The smallest absolute Gasteiger partial charge is 0.261 e. The largest absolute Gasteiger partial charge is 0.505 e. The molecule has 0 aliphatic heterocycles. The van der Waals surface area contributed by atoms with Gasteiger partial charge in [0.1, 0.15) is 5.52 Å². The number of nitrogens with zero attached hydrogens (tertiary/aromatic N) is 3. The lowest BCUT2D eigenvalue weighted by Gasteiger charge is -2.06. The Labute approximate surface area is 177 Å². The normalized spacial score (nSPS) is 10.3. The number of aromatic nitrogens is 3.